The largest absolute Gasteiger partial charge is 0.482 e. The van der Waals surface area contributed by atoms with Gasteiger partial charge in [-0.2, -0.15) is 0 Å². The Bertz CT molecular complexity index is 928. The molecule has 3 rings (SSSR count). The fourth-order valence-electron chi connectivity index (χ4n) is 2.64. The Morgan fingerprint density at radius 3 is 2.35 bits per heavy atom. The quantitative estimate of drug-likeness (QED) is 0.491. The van der Waals surface area contributed by atoms with Gasteiger partial charge in [0.2, 0.25) is 5.78 Å². The zero-order valence-electron chi connectivity index (χ0n) is 14.8. The van der Waals surface area contributed by atoms with Crippen molar-refractivity contribution in [3.63, 3.8) is 0 Å². The maximum Gasteiger partial charge on any atom is 0.344 e. The van der Waals surface area contributed by atoms with E-state index >= 15 is 0 Å². The number of hydrogen-bond acceptors (Lipinski definition) is 4. The van der Waals surface area contributed by atoms with E-state index in [1.165, 1.54) is 0 Å². The van der Waals surface area contributed by atoms with Gasteiger partial charge in [-0.25, -0.2) is 4.79 Å². The van der Waals surface area contributed by atoms with E-state index in [2.05, 4.69) is 0 Å². The molecule has 26 heavy (non-hydrogen) atoms. The van der Waals surface area contributed by atoms with Crippen molar-refractivity contribution in [2.24, 2.45) is 0 Å². The molecule has 1 atom stereocenters. The maximum absolute atomic E-state index is 12.3. The Balaban J connectivity index is 1.55. The number of rotatable bonds is 6. The van der Waals surface area contributed by atoms with E-state index in [4.69, 9.17) is 9.47 Å². The van der Waals surface area contributed by atoms with E-state index in [1.807, 2.05) is 55.5 Å². The lowest BCUT2D eigenvalue weighted by Crippen LogP contribution is -2.27. The molecule has 0 unspecified atom stereocenters. The number of hydrogen-bond donors (Lipinski definition) is 0. The molecule has 0 bridgehead atoms. The van der Waals surface area contributed by atoms with Crippen LogP contribution in [0.25, 0.3) is 10.8 Å². The fourth-order valence-corrected chi connectivity index (χ4v) is 2.64. The first-order chi connectivity index (χ1) is 12.5. The molecule has 3 aromatic carbocycles. The highest BCUT2D eigenvalue weighted by Gasteiger charge is 2.19. The molecule has 4 heteroatoms. The molecule has 0 aliphatic carbocycles. The summed E-state index contributed by atoms with van der Waals surface area (Å²) >= 11 is 0. The van der Waals surface area contributed by atoms with Crippen molar-refractivity contribution in [1.82, 2.24) is 0 Å². The summed E-state index contributed by atoms with van der Waals surface area (Å²) in [6, 6.07) is 20.6. The Morgan fingerprint density at radius 2 is 1.62 bits per heavy atom. The standard InChI is InChI=1S/C22H20O4/c1-15-7-9-18(10-8-15)22(24)16(2)26-21(23)14-25-20-12-11-17-5-3-4-6-19(17)13-20/h3-13,16H,14H2,1-2H3/t16-/m0/s1. The summed E-state index contributed by atoms with van der Waals surface area (Å²) in [5.74, 6) is -0.228. The first kappa shape index (κ1) is 17.7. The number of aryl methyl sites for hydroxylation is 1. The monoisotopic (exact) mass is 348 g/mol. The van der Waals surface area contributed by atoms with Crippen LogP contribution in [0, 0.1) is 6.92 Å². The molecule has 3 aromatic rings. The average Bonchev–Trinajstić information content (AvgIpc) is 2.66. The van der Waals surface area contributed by atoms with Crippen LogP contribution in [0.5, 0.6) is 5.75 Å². The van der Waals surface area contributed by atoms with Crippen LogP contribution >= 0.6 is 0 Å². The van der Waals surface area contributed by atoms with E-state index in [9.17, 15) is 9.59 Å². The highest BCUT2D eigenvalue weighted by atomic mass is 16.6. The van der Waals surface area contributed by atoms with Crippen molar-refractivity contribution in [2.45, 2.75) is 20.0 Å². The molecule has 0 fully saturated rings. The van der Waals surface area contributed by atoms with Crippen LogP contribution in [0.1, 0.15) is 22.8 Å². The summed E-state index contributed by atoms with van der Waals surface area (Å²) in [4.78, 5) is 24.3. The zero-order valence-corrected chi connectivity index (χ0v) is 14.8. The van der Waals surface area contributed by atoms with Gasteiger partial charge in [0.25, 0.3) is 0 Å². The molecule has 4 nitrogen and oxygen atoms in total. The van der Waals surface area contributed by atoms with Crippen LogP contribution in [0.3, 0.4) is 0 Å². The lowest BCUT2D eigenvalue weighted by molar-refractivity contribution is -0.148. The van der Waals surface area contributed by atoms with Gasteiger partial charge in [-0.1, -0.05) is 60.2 Å². The number of fused-ring (bicyclic) bond motifs is 1. The van der Waals surface area contributed by atoms with Crippen molar-refractivity contribution in [1.29, 1.82) is 0 Å². The van der Waals surface area contributed by atoms with Crippen LogP contribution in [-0.2, 0) is 9.53 Å². The maximum atomic E-state index is 12.3. The van der Waals surface area contributed by atoms with E-state index in [1.54, 1.807) is 25.1 Å². The summed E-state index contributed by atoms with van der Waals surface area (Å²) in [5, 5.41) is 2.13. The molecule has 0 spiro atoms. The molecule has 0 aliphatic rings. The summed E-state index contributed by atoms with van der Waals surface area (Å²) in [6.45, 7) is 3.27. The van der Waals surface area contributed by atoms with Gasteiger partial charge in [0, 0.05) is 5.56 Å². The van der Waals surface area contributed by atoms with Crippen molar-refractivity contribution < 1.29 is 19.1 Å². The summed E-state index contributed by atoms with van der Waals surface area (Å²) in [6.07, 6.45) is -0.856. The number of ketones is 1. The SMILES string of the molecule is Cc1ccc(C(=O)[C@H](C)OC(=O)COc2ccc3ccccc3c2)cc1. The summed E-state index contributed by atoms with van der Waals surface area (Å²) in [7, 11) is 0. The second kappa shape index (κ2) is 7.83. The number of Topliss-reactive ketones (excluding diaryl/α,β-unsaturated/α-hetero) is 1. The molecular weight excluding hydrogens is 328 g/mol. The number of benzene rings is 3. The summed E-state index contributed by atoms with van der Waals surface area (Å²) < 4.78 is 10.7. The lowest BCUT2D eigenvalue weighted by Gasteiger charge is -2.13. The van der Waals surface area contributed by atoms with E-state index in [-0.39, 0.29) is 12.4 Å². The van der Waals surface area contributed by atoms with Gasteiger partial charge in [0.1, 0.15) is 5.75 Å². The normalized spacial score (nSPS) is 11.8. The van der Waals surface area contributed by atoms with Gasteiger partial charge in [0.15, 0.2) is 12.7 Å². The van der Waals surface area contributed by atoms with Gasteiger partial charge in [-0.15, -0.1) is 0 Å². The molecule has 0 saturated heterocycles. The number of ether oxygens (including phenoxy) is 2. The minimum atomic E-state index is -0.856. The second-order valence-electron chi connectivity index (χ2n) is 6.16. The number of carbonyl (C=O) groups is 2. The van der Waals surface area contributed by atoms with Crippen LogP contribution in [-0.4, -0.2) is 24.5 Å². The first-order valence-electron chi connectivity index (χ1n) is 8.45. The van der Waals surface area contributed by atoms with Crippen molar-refractivity contribution in [3.8, 4) is 5.75 Å². The van der Waals surface area contributed by atoms with E-state index in [0.29, 0.717) is 11.3 Å². The highest BCUT2D eigenvalue weighted by Crippen LogP contribution is 2.20. The molecule has 0 saturated carbocycles. The van der Waals surface area contributed by atoms with E-state index in [0.717, 1.165) is 16.3 Å². The average molecular weight is 348 g/mol. The predicted octanol–water partition coefficient (Wildman–Crippen LogP) is 4.34. The third kappa shape index (κ3) is 4.28. The molecule has 132 valence electrons. The zero-order chi connectivity index (χ0) is 18.5. The third-order valence-corrected chi connectivity index (χ3v) is 4.09. The smallest absolute Gasteiger partial charge is 0.344 e. The highest BCUT2D eigenvalue weighted by molar-refractivity contribution is 6.00. The third-order valence-electron chi connectivity index (χ3n) is 4.09. The Labute approximate surface area is 152 Å². The van der Waals surface area contributed by atoms with Gasteiger partial charge < -0.3 is 9.47 Å². The van der Waals surface area contributed by atoms with Gasteiger partial charge in [0.05, 0.1) is 0 Å². The molecule has 0 aliphatic heterocycles. The first-order valence-corrected chi connectivity index (χ1v) is 8.45. The molecule has 0 aromatic heterocycles. The van der Waals surface area contributed by atoms with Crippen molar-refractivity contribution >= 4 is 22.5 Å². The Morgan fingerprint density at radius 1 is 0.923 bits per heavy atom. The van der Waals surface area contributed by atoms with Gasteiger partial charge in [-0.3, -0.25) is 4.79 Å². The molecule has 0 heterocycles. The number of carbonyl (C=O) groups excluding carboxylic acids is 2. The van der Waals surface area contributed by atoms with Crippen LogP contribution in [0.15, 0.2) is 66.7 Å². The Hall–Kier alpha value is -3.14. The van der Waals surface area contributed by atoms with Crippen molar-refractivity contribution in [3.05, 3.63) is 77.9 Å². The minimum absolute atomic E-state index is 0.232. The topological polar surface area (TPSA) is 52.6 Å². The molecule has 0 amide bonds. The van der Waals surface area contributed by atoms with Gasteiger partial charge >= 0.3 is 5.97 Å². The van der Waals surface area contributed by atoms with Crippen LogP contribution in [0.4, 0.5) is 0 Å². The molecule has 0 radical (unpaired) electrons. The van der Waals surface area contributed by atoms with Crippen LogP contribution < -0.4 is 4.74 Å². The minimum Gasteiger partial charge on any atom is -0.482 e. The van der Waals surface area contributed by atoms with Gasteiger partial charge in [-0.05, 0) is 36.8 Å². The van der Waals surface area contributed by atoms with E-state index < -0.39 is 12.1 Å². The Kier molecular flexibility index (Phi) is 5.32. The number of esters is 1. The molecular formula is C22H20O4. The fraction of sp³-hybridized carbons (Fsp3) is 0.182. The predicted molar refractivity (Wildman–Crippen MR) is 101 cm³/mol. The van der Waals surface area contributed by atoms with Crippen LogP contribution in [0.2, 0.25) is 0 Å². The van der Waals surface area contributed by atoms with Crippen molar-refractivity contribution in [2.75, 3.05) is 6.61 Å². The second-order valence-corrected chi connectivity index (χ2v) is 6.16. The molecule has 0 N–H and O–H groups in total. The summed E-state index contributed by atoms with van der Waals surface area (Å²) in [5.41, 5.74) is 1.58. The lowest BCUT2D eigenvalue weighted by atomic mass is 10.1.